The van der Waals surface area contributed by atoms with Crippen molar-refractivity contribution in [3.63, 3.8) is 0 Å². The molecule has 2 N–H and O–H groups in total. The summed E-state index contributed by atoms with van der Waals surface area (Å²) < 4.78 is 36.3. The van der Waals surface area contributed by atoms with Crippen LogP contribution in [0, 0.1) is 0 Å². The molecule has 29 heavy (non-hydrogen) atoms. The molecule has 0 radical (unpaired) electrons. The molecular weight excluding hydrogens is 396 g/mol. The summed E-state index contributed by atoms with van der Waals surface area (Å²) in [6.45, 7) is 1.78. The van der Waals surface area contributed by atoms with Gasteiger partial charge in [-0.2, -0.15) is 4.31 Å². The average Bonchev–Trinajstić information content (AvgIpc) is 2.69. The molecule has 156 valence electrons. The Bertz CT molecular complexity index is 977. The molecule has 2 aromatic carbocycles. The predicted molar refractivity (Wildman–Crippen MR) is 108 cm³/mol. The lowest BCUT2D eigenvalue weighted by Gasteiger charge is -2.27. The second-order valence-corrected chi connectivity index (χ2v) is 8.76. The number of nitrogens with zero attached hydrogens (tertiary/aromatic N) is 1. The van der Waals surface area contributed by atoms with Crippen molar-refractivity contribution in [1.82, 2.24) is 9.62 Å². The van der Waals surface area contributed by atoms with Crippen LogP contribution in [0.15, 0.2) is 42.5 Å². The fourth-order valence-electron chi connectivity index (χ4n) is 3.12. The molecule has 1 amide bonds. The van der Waals surface area contributed by atoms with E-state index in [0.29, 0.717) is 38.5 Å². The molecule has 0 saturated carbocycles. The number of rotatable bonds is 8. The van der Waals surface area contributed by atoms with Crippen LogP contribution in [0.5, 0.6) is 11.5 Å². The number of ether oxygens (including phenoxy) is 2. The van der Waals surface area contributed by atoms with Crippen molar-refractivity contribution in [2.24, 2.45) is 0 Å². The first kappa shape index (κ1) is 20.9. The lowest BCUT2D eigenvalue weighted by atomic mass is 10.0. The van der Waals surface area contributed by atoms with Crippen molar-refractivity contribution < 1.29 is 27.8 Å². The molecule has 9 heteroatoms. The summed E-state index contributed by atoms with van der Waals surface area (Å²) in [5.41, 5.74) is 2.91. The van der Waals surface area contributed by atoms with Crippen molar-refractivity contribution >= 4 is 16.1 Å². The maximum atomic E-state index is 11.7. The highest BCUT2D eigenvalue weighted by molar-refractivity contribution is 7.88. The van der Waals surface area contributed by atoms with Gasteiger partial charge in [0.1, 0.15) is 24.7 Å². The van der Waals surface area contributed by atoms with E-state index in [-0.39, 0.29) is 6.54 Å². The number of carbonyl (C=O) groups is 1. The molecule has 0 atom stereocenters. The predicted octanol–water partition coefficient (Wildman–Crippen LogP) is 2.23. The van der Waals surface area contributed by atoms with Gasteiger partial charge in [0.05, 0.1) is 6.26 Å². The van der Waals surface area contributed by atoms with Crippen LogP contribution in [0.4, 0.5) is 4.79 Å². The summed E-state index contributed by atoms with van der Waals surface area (Å²) in [6, 6.07) is 12.9. The first-order chi connectivity index (χ1) is 13.8. The molecule has 1 aliphatic heterocycles. The molecule has 0 saturated heterocycles. The van der Waals surface area contributed by atoms with Gasteiger partial charge in [-0.25, -0.2) is 13.2 Å². The first-order valence-corrected chi connectivity index (χ1v) is 11.0. The Morgan fingerprint density at radius 3 is 2.52 bits per heavy atom. The second kappa shape index (κ2) is 9.15. The van der Waals surface area contributed by atoms with Crippen molar-refractivity contribution in [3.05, 3.63) is 59.2 Å². The topological polar surface area (TPSA) is 105 Å². The third kappa shape index (κ3) is 6.10. The highest BCUT2D eigenvalue weighted by Crippen LogP contribution is 2.25. The van der Waals surface area contributed by atoms with Gasteiger partial charge in [-0.15, -0.1) is 0 Å². The second-order valence-electron chi connectivity index (χ2n) is 6.78. The van der Waals surface area contributed by atoms with E-state index in [1.807, 2.05) is 24.3 Å². The summed E-state index contributed by atoms with van der Waals surface area (Å²) in [5.74, 6) is 1.36. The summed E-state index contributed by atoms with van der Waals surface area (Å²) >= 11 is 0. The number of amides is 1. The number of benzene rings is 2. The van der Waals surface area contributed by atoms with Gasteiger partial charge in [-0.1, -0.05) is 18.2 Å². The molecule has 1 heterocycles. The van der Waals surface area contributed by atoms with Crippen LogP contribution in [0.25, 0.3) is 0 Å². The van der Waals surface area contributed by atoms with Crippen LogP contribution < -0.4 is 14.8 Å². The van der Waals surface area contributed by atoms with Crippen molar-refractivity contribution in [3.8, 4) is 11.5 Å². The molecular formula is C20H24N2O6S. The fourth-order valence-corrected chi connectivity index (χ4v) is 3.91. The molecule has 3 rings (SSSR count). The van der Waals surface area contributed by atoms with Gasteiger partial charge in [-0.05, 0) is 47.4 Å². The SMILES string of the molecule is CS(=O)(=O)N1CCc2cc(OCCOc3cccc(CNC(=O)O)c3)ccc2C1. The number of carboxylic acid groups (broad SMARTS) is 1. The Morgan fingerprint density at radius 1 is 1.10 bits per heavy atom. The Hall–Kier alpha value is -2.78. The highest BCUT2D eigenvalue weighted by atomic mass is 32.2. The van der Waals surface area contributed by atoms with E-state index >= 15 is 0 Å². The minimum Gasteiger partial charge on any atom is -0.490 e. The van der Waals surface area contributed by atoms with Crippen molar-refractivity contribution in [2.75, 3.05) is 26.0 Å². The molecule has 2 aromatic rings. The molecule has 8 nitrogen and oxygen atoms in total. The molecule has 0 aromatic heterocycles. The number of hydrogen-bond donors (Lipinski definition) is 2. The van der Waals surface area contributed by atoms with Crippen LogP contribution in [-0.2, 0) is 29.5 Å². The van der Waals surface area contributed by atoms with Gasteiger partial charge in [0, 0.05) is 19.6 Å². The smallest absolute Gasteiger partial charge is 0.404 e. The third-order valence-electron chi connectivity index (χ3n) is 4.59. The number of hydrogen-bond acceptors (Lipinski definition) is 5. The van der Waals surface area contributed by atoms with E-state index < -0.39 is 16.1 Å². The van der Waals surface area contributed by atoms with E-state index in [4.69, 9.17) is 14.6 Å². The van der Waals surface area contributed by atoms with E-state index in [1.54, 1.807) is 18.2 Å². The van der Waals surface area contributed by atoms with Gasteiger partial charge in [-0.3, -0.25) is 0 Å². The third-order valence-corrected chi connectivity index (χ3v) is 5.84. The zero-order chi connectivity index (χ0) is 20.9. The standard InChI is InChI=1S/C20H24N2O6S/c1-29(25,26)22-8-7-16-12-19(6-5-17(16)14-22)28-10-9-27-18-4-2-3-15(11-18)13-21-20(23)24/h2-6,11-12,21H,7-10,13-14H2,1H3,(H,23,24). The van der Waals surface area contributed by atoms with Crippen molar-refractivity contribution in [1.29, 1.82) is 0 Å². The van der Waals surface area contributed by atoms with E-state index in [9.17, 15) is 13.2 Å². The molecule has 1 aliphatic rings. The van der Waals surface area contributed by atoms with Gasteiger partial charge in [0.2, 0.25) is 10.0 Å². The van der Waals surface area contributed by atoms with Gasteiger partial charge >= 0.3 is 6.09 Å². The summed E-state index contributed by atoms with van der Waals surface area (Å²) in [7, 11) is -3.18. The van der Waals surface area contributed by atoms with Gasteiger partial charge in [0.25, 0.3) is 0 Å². The summed E-state index contributed by atoms with van der Waals surface area (Å²) in [5, 5.41) is 11.0. The quantitative estimate of drug-likeness (QED) is 0.635. The molecule has 0 unspecified atom stereocenters. The summed E-state index contributed by atoms with van der Waals surface area (Å²) in [4.78, 5) is 10.6. The van der Waals surface area contributed by atoms with Crippen LogP contribution in [0.3, 0.4) is 0 Å². The number of sulfonamides is 1. The summed E-state index contributed by atoms with van der Waals surface area (Å²) in [6.07, 6.45) is 0.819. The molecule has 0 fully saturated rings. The van der Waals surface area contributed by atoms with E-state index in [0.717, 1.165) is 22.4 Å². The lowest BCUT2D eigenvalue weighted by molar-refractivity contribution is 0.194. The van der Waals surface area contributed by atoms with Crippen LogP contribution in [0.1, 0.15) is 16.7 Å². The van der Waals surface area contributed by atoms with Crippen LogP contribution in [0.2, 0.25) is 0 Å². The maximum Gasteiger partial charge on any atom is 0.404 e. The molecule has 0 aliphatic carbocycles. The Morgan fingerprint density at radius 2 is 1.83 bits per heavy atom. The van der Waals surface area contributed by atoms with Crippen LogP contribution >= 0.6 is 0 Å². The Labute approximate surface area is 170 Å². The first-order valence-electron chi connectivity index (χ1n) is 9.19. The van der Waals surface area contributed by atoms with E-state index in [1.165, 1.54) is 10.6 Å². The fraction of sp³-hybridized carbons (Fsp3) is 0.350. The van der Waals surface area contributed by atoms with E-state index in [2.05, 4.69) is 5.32 Å². The Balaban J connectivity index is 1.48. The maximum absolute atomic E-state index is 11.7. The van der Waals surface area contributed by atoms with Crippen LogP contribution in [-0.4, -0.2) is 49.9 Å². The monoisotopic (exact) mass is 420 g/mol. The largest absolute Gasteiger partial charge is 0.490 e. The Kier molecular flexibility index (Phi) is 6.60. The minimum atomic E-state index is -3.18. The molecule has 0 spiro atoms. The zero-order valence-corrected chi connectivity index (χ0v) is 16.9. The zero-order valence-electron chi connectivity index (χ0n) is 16.1. The van der Waals surface area contributed by atoms with Crippen molar-refractivity contribution in [2.45, 2.75) is 19.5 Å². The van der Waals surface area contributed by atoms with Gasteiger partial charge in [0.15, 0.2) is 0 Å². The highest BCUT2D eigenvalue weighted by Gasteiger charge is 2.23. The van der Waals surface area contributed by atoms with Gasteiger partial charge < -0.3 is 19.9 Å². The number of nitrogens with one attached hydrogen (secondary N) is 1. The molecule has 0 bridgehead atoms. The average molecular weight is 420 g/mol. The number of fused-ring (bicyclic) bond motifs is 1. The normalized spacial score (nSPS) is 14.1. The minimum absolute atomic E-state index is 0.217. The lowest BCUT2D eigenvalue weighted by Crippen LogP contribution is -2.35.